The van der Waals surface area contributed by atoms with E-state index in [9.17, 15) is 18.8 Å². The Bertz CT molecular complexity index is 1700. The van der Waals surface area contributed by atoms with Gasteiger partial charge in [0, 0.05) is 5.39 Å². The number of hydrogen-bond donors (Lipinski definition) is 2. The van der Waals surface area contributed by atoms with Crippen molar-refractivity contribution in [2.75, 3.05) is 20.8 Å². The van der Waals surface area contributed by atoms with Crippen LogP contribution < -0.4 is 20.3 Å². The number of fused-ring (bicyclic) bond motifs is 2. The largest absolute Gasteiger partial charge is 0.493 e. The molecule has 41 heavy (non-hydrogen) atoms. The van der Waals surface area contributed by atoms with Crippen LogP contribution in [0.2, 0.25) is 0 Å². The molecule has 0 saturated carbocycles. The Kier molecular flexibility index (Phi) is 7.91. The van der Waals surface area contributed by atoms with Gasteiger partial charge in [0.25, 0.3) is 11.8 Å². The first kappa shape index (κ1) is 27.3. The van der Waals surface area contributed by atoms with Crippen LogP contribution in [-0.2, 0) is 16.0 Å². The van der Waals surface area contributed by atoms with Crippen molar-refractivity contribution in [3.8, 4) is 11.5 Å². The Hall–Kier alpha value is -5.25. The maximum Gasteiger partial charge on any atom is 0.339 e. The van der Waals surface area contributed by atoms with E-state index in [1.165, 1.54) is 18.2 Å². The van der Waals surface area contributed by atoms with E-state index in [2.05, 4.69) is 10.9 Å². The summed E-state index contributed by atoms with van der Waals surface area (Å²) in [6.45, 7) is -0.657. The number of nitrogens with one attached hydrogen (secondary N) is 2. The number of aromatic nitrogens is 1. The molecule has 0 fully saturated rings. The van der Waals surface area contributed by atoms with Gasteiger partial charge >= 0.3 is 5.97 Å². The average Bonchev–Trinajstić information content (AvgIpc) is 3.39. The maximum atomic E-state index is 13.8. The van der Waals surface area contributed by atoms with Gasteiger partial charge in [0.15, 0.2) is 18.1 Å². The lowest BCUT2D eigenvalue weighted by atomic mass is 10.0. The zero-order valence-corrected chi connectivity index (χ0v) is 22.3. The van der Waals surface area contributed by atoms with Crippen molar-refractivity contribution in [1.29, 1.82) is 0 Å². The number of pyridine rings is 1. The maximum absolute atomic E-state index is 13.8. The summed E-state index contributed by atoms with van der Waals surface area (Å²) in [6.07, 6.45) is 3.20. The van der Waals surface area contributed by atoms with E-state index in [1.807, 2.05) is 36.4 Å². The zero-order chi connectivity index (χ0) is 28.9. The van der Waals surface area contributed by atoms with Crippen LogP contribution in [0, 0.1) is 5.82 Å². The summed E-state index contributed by atoms with van der Waals surface area (Å²) >= 11 is 0. The molecular formula is C31H26FN3O6. The van der Waals surface area contributed by atoms with Gasteiger partial charge in [-0.15, -0.1) is 0 Å². The summed E-state index contributed by atoms with van der Waals surface area (Å²) in [6, 6.07) is 18.2. The molecular weight excluding hydrogens is 529 g/mol. The van der Waals surface area contributed by atoms with Crippen LogP contribution in [0.25, 0.3) is 22.6 Å². The summed E-state index contributed by atoms with van der Waals surface area (Å²) < 4.78 is 29.9. The molecule has 5 rings (SSSR count). The first-order chi connectivity index (χ1) is 19.9. The first-order valence-electron chi connectivity index (χ1n) is 12.7. The van der Waals surface area contributed by atoms with Crippen molar-refractivity contribution < 1.29 is 33.0 Å². The van der Waals surface area contributed by atoms with Gasteiger partial charge in [-0.1, -0.05) is 36.4 Å². The molecule has 0 radical (unpaired) electrons. The highest BCUT2D eigenvalue weighted by molar-refractivity contribution is 6.07. The third kappa shape index (κ3) is 5.72. The number of carbonyl (C=O) groups excluding carboxylic acids is 3. The van der Waals surface area contributed by atoms with Gasteiger partial charge < -0.3 is 14.2 Å². The highest BCUT2D eigenvalue weighted by Crippen LogP contribution is 2.38. The molecule has 1 aliphatic carbocycles. The number of ether oxygens (including phenoxy) is 3. The van der Waals surface area contributed by atoms with Crippen LogP contribution in [0.3, 0.4) is 0 Å². The van der Waals surface area contributed by atoms with Gasteiger partial charge in [-0.05, 0) is 65.9 Å². The number of nitrogens with zero attached hydrogens (tertiary/aromatic N) is 1. The Balaban J connectivity index is 1.36. The second-order valence-corrected chi connectivity index (χ2v) is 9.17. The van der Waals surface area contributed by atoms with Crippen molar-refractivity contribution in [2.24, 2.45) is 0 Å². The Labute approximate surface area is 234 Å². The number of hydrogen-bond acceptors (Lipinski definition) is 7. The molecule has 9 nitrogen and oxygen atoms in total. The van der Waals surface area contributed by atoms with E-state index in [1.54, 1.807) is 26.4 Å². The van der Waals surface area contributed by atoms with E-state index in [0.29, 0.717) is 46.5 Å². The Morgan fingerprint density at radius 3 is 2.46 bits per heavy atom. The number of benzene rings is 3. The molecule has 2 N–H and O–H groups in total. The average molecular weight is 556 g/mol. The summed E-state index contributed by atoms with van der Waals surface area (Å²) in [5.74, 6) is -1.83. The highest BCUT2D eigenvalue weighted by Gasteiger charge is 2.28. The minimum absolute atomic E-state index is 0.236. The summed E-state index contributed by atoms with van der Waals surface area (Å²) in [5.41, 5.74) is 8.21. The van der Waals surface area contributed by atoms with Crippen LogP contribution in [0.15, 0.2) is 66.7 Å². The molecule has 3 aromatic carbocycles. The predicted octanol–water partition coefficient (Wildman–Crippen LogP) is 4.50. The lowest BCUT2D eigenvalue weighted by Gasteiger charge is -2.13. The van der Waals surface area contributed by atoms with Gasteiger partial charge in [0.1, 0.15) is 5.82 Å². The third-order valence-corrected chi connectivity index (χ3v) is 6.66. The van der Waals surface area contributed by atoms with Gasteiger partial charge in [-0.3, -0.25) is 20.4 Å². The van der Waals surface area contributed by atoms with Crippen molar-refractivity contribution in [2.45, 2.75) is 12.8 Å². The van der Waals surface area contributed by atoms with E-state index in [4.69, 9.17) is 19.2 Å². The molecule has 208 valence electrons. The predicted molar refractivity (Wildman–Crippen MR) is 150 cm³/mol. The van der Waals surface area contributed by atoms with Crippen LogP contribution in [0.1, 0.15) is 44.0 Å². The number of para-hydroxylation sites is 1. The quantitative estimate of drug-likeness (QED) is 0.255. The highest BCUT2D eigenvalue weighted by atomic mass is 19.1. The summed E-state index contributed by atoms with van der Waals surface area (Å²) in [5, 5.41) is 0.608. The third-order valence-electron chi connectivity index (χ3n) is 6.66. The summed E-state index contributed by atoms with van der Waals surface area (Å²) in [4.78, 5) is 42.6. The minimum Gasteiger partial charge on any atom is -0.493 e. The number of hydrazine groups is 1. The molecule has 4 aromatic rings. The van der Waals surface area contributed by atoms with Crippen molar-refractivity contribution in [1.82, 2.24) is 15.8 Å². The second kappa shape index (κ2) is 11.9. The van der Waals surface area contributed by atoms with E-state index in [0.717, 1.165) is 22.8 Å². The molecule has 0 unspecified atom stereocenters. The monoisotopic (exact) mass is 555 g/mol. The zero-order valence-electron chi connectivity index (χ0n) is 22.3. The lowest BCUT2D eigenvalue weighted by molar-refractivity contribution is -0.125. The fourth-order valence-corrected chi connectivity index (χ4v) is 4.73. The van der Waals surface area contributed by atoms with E-state index in [-0.39, 0.29) is 5.56 Å². The number of methoxy groups -OCH3 is 2. The molecule has 1 aromatic heterocycles. The van der Waals surface area contributed by atoms with Crippen molar-refractivity contribution >= 4 is 40.3 Å². The van der Waals surface area contributed by atoms with E-state index < -0.39 is 30.2 Å². The second-order valence-electron chi connectivity index (χ2n) is 9.17. The van der Waals surface area contributed by atoms with Crippen LogP contribution in [-0.4, -0.2) is 43.6 Å². The molecule has 10 heteroatoms. The standard InChI is InChI=1S/C31H26FN3O6/c1-39-25-14-11-18(16-26(25)40-2)15-19-12-13-22-28(21-8-4-6-10-24(21)33-29(19)22)31(38)41-17-27(36)34-35-30(37)20-7-3-5-9-23(20)32/h3-11,14-16H,12-13,17H2,1-2H3,(H,34,36)(H,35,37)/b19-15+. The number of amides is 2. The number of halogens is 1. The molecule has 0 spiro atoms. The number of carbonyl (C=O) groups is 3. The molecule has 1 heterocycles. The van der Waals surface area contributed by atoms with Gasteiger partial charge in [0.05, 0.1) is 36.6 Å². The molecule has 1 aliphatic rings. The molecule has 0 bridgehead atoms. The van der Waals surface area contributed by atoms with Crippen molar-refractivity contribution in [3.05, 3.63) is 100 Å². The molecule has 2 amide bonds. The smallest absolute Gasteiger partial charge is 0.339 e. The number of esters is 1. The van der Waals surface area contributed by atoms with Gasteiger partial charge in [-0.2, -0.15) is 0 Å². The van der Waals surface area contributed by atoms with Crippen LogP contribution in [0.5, 0.6) is 11.5 Å². The summed E-state index contributed by atoms with van der Waals surface area (Å²) in [7, 11) is 3.15. The first-order valence-corrected chi connectivity index (χ1v) is 12.7. The van der Waals surface area contributed by atoms with Gasteiger partial charge in [-0.25, -0.2) is 14.2 Å². The lowest BCUT2D eigenvalue weighted by Crippen LogP contribution is -2.43. The normalized spacial score (nSPS) is 13.0. The SMILES string of the molecule is COc1ccc(/C=C2\CCc3c2nc2ccccc2c3C(=O)OCC(=O)NNC(=O)c2ccccc2F)cc1OC. The van der Waals surface area contributed by atoms with Crippen molar-refractivity contribution in [3.63, 3.8) is 0 Å². The van der Waals surface area contributed by atoms with Gasteiger partial charge in [0.2, 0.25) is 0 Å². The van der Waals surface area contributed by atoms with Crippen LogP contribution >= 0.6 is 0 Å². The Morgan fingerprint density at radius 2 is 1.68 bits per heavy atom. The number of allylic oxidation sites excluding steroid dienone is 1. The fourth-order valence-electron chi connectivity index (χ4n) is 4.73. The minimum atomic E-state index is -0.838. The molecule has 0 aliphatic heterocycles. The fraction of sp³-hybridized carbons (Fsp3) is 0.161. The number of rotatable bonds is 7. The molecule has 0 atom stereocenters. The molecule has 0 saturated heterocycles. The van der Waals surface area contributed by atoms with E-state index >= 15 is 0 Å². The topological polar surface area (TPSA) is 116 Å². The Morgan fingerprint density at radius 1 is 0.927 bits per heavy atom. The van der Waals surface area contributed by atoms with Crippen LogP contribution in [0.4, 0.5) is 4.39 Å².